The van der Waals surface area contributed by atoms with Crippen LogP contribution in [0.3, 0.4) is 0 Å². The van der Waals surface area contributed by atoms with Gasteiger partial charge >= 0.3 is 17.2 Å². The minimum absolute atomic E-state index is 0.216. The summed E-state index contributed by atoms with van der Waals surface area (Å²) in [5.74, 6) is -0.178. The van der Waals surface area contributed by atoms with Crippen LogP contribution in [0.1, 0.15) is 32.0 Å². The molecule has 0 radical (unpaired) electrons. The number of carbonyl (C=O) groups is 2. The van der Waals surface area contributed by atoms with Crippen LogP contribution in [-0.2, 0) is 6.54 Å². The van der Waals surface area contributed by atoms with Gasteiger partial charge in [0.05, 0.1) is 13.3 Å². The maximum absolute atomic E-state index is 12.7. The van der Waals surface area contributed by atoms with Crippen molar-refractivity contribution in [3.05, 3.63) is 81.3 Å². The monoisotopic (exact) mass is 408 g/mol. The van der Waals surface area contributed by atoms with E-state index in [1.54, 1.807) is 43.5 Å². The van der Waals surface area contributed by atoms with E-state index in [1.165, 1.54) is 17.9 Å². The Morgan fingerprint density at radius 2 is 1.83 bits per heavy atom. The van der Waals surface area contributed by atoms with Crippen molar-refractivity contribution in [3.63, 3.8) is 0 Å². The van der Waals surface area contributed by atoms with Gasteiger partial charge in [0.2, 0.25) is 5.78 Å². The number of benzene rings is 2. The largest absolute Gasteiger partial charge is 0.497 e. The fourth-order valence-corrected chi connectivity index (χ4v) is 2.75. The van der Waals surface area contributed by atoms with Crippen molar-refractivity contribution in [1.82, 2.24) is 15.3 Å². The molecule has 30 heavy (non-hydrogen) atoms. The standard InChI is InChI=1S/C21H21N5O4/c1-14-4-8-16(9-5-14)18(27)13-25-19(20(28)22-2)21(29)26(24-25)23-12-15-6-10-17(30-3)11-7-15/h4-12H,13H2,1-3H3,(H-,22,24,28,29)/p+1/b23-12-. The molecule has 3 rings (SSSR count). The molecule has 0 aliphatic carbocycles. The van der Waals surface area contributed by atoms with Gasteiger partial charge in [-0.2, -0.15) is 0 Å². The van der Waals surface area contributed by atoms with Gasteiger partial charge in [0.25, 0.3) is 0 Å². The molecule has 0 saturated heterocycles. The van der Waals surface area contributed by atoms with Crippen LogP contribution in [0.4, 0.5) is 0 Å². The first-order valence-electron chi connectivity index (χ1n) is 9.18. The Morgan fingerprint density at radius 3 is 2.43 bits per heavy atom. The van der Waals surface area contributed by atoms with Crippen molar-refractivity contribution >= 4 is 17.9 Å². The van der Waals surface area contributed by atoms with Gasteiger partial charge in [-0.05, 0) is 36.8 Å². The summed E-state index contributed by atoms with van der Waals surface area (Å²) in [5, 5.41) is 9.19. The second kappa shape index (κ2) is 8.99. The number of ether oxygens (including phenoxy) is 1. The number of Topliss-reactive ketones (excluding diaryl/α,β-unsaturated/α-hetero) is 1. The van der Waals surface area contributed by atoms with Crippen LogP contribution in [0.25, 0.3) is 0 Å². The van der Waals surface area contributed by atoms with E-state index in [0.717, 1.165) is 15.9 Å². The summed E-state index contributed by atoms with van der Waals surface area (Å²) in [6.45, 7) is 1.71. The Labute approximate surface area is 172 Å². The van der Waals surface area contributed by atoms with Crippen molar-refractivity contribution < 1.29 is 19.0 Å². The van der Waals surface area contributed by atoms with Crippen LogP contribution < -0.4 is 20.3 Å². The molecule has 0 fully saturated rings. The molecule has 0 spiro atoms. The summed E-state index contributed by atoms with van der Waals surface area (Å²) in [5.41, 5.74) is 1.34. The normalized spacial score (nSPS) is 10.9. The third-order valence-electron chi connectivity index (χ3n) is 4.44. The van der Waals surface area contributed by atoms with E-state index in [-0.39, 0.29) is 18.0 Å². The van der Waals surface area contributed by atoms with Crippen molar-refractivity contribution in [3.8, 4) is 5.75 Å². The molecule has 0 unspecified atom stereocenters. The molecule has 1 aromatic heterocycles. The van der Waals surface area contributed by atoms with E-state index in [0.29, 0.717) is 11.3 Å². The average molecular weight is 408 g/mol. The van der Waals surface area contributed by atoms with Gasteiger partial charge in [-0.1, -0.05) is 40.1 Å². The van der Waals surface area contributed by atoms with Crippen LogP contribution >= 0.6 is 0 Å². The average Bonchev–Trinajstić information content (AvgIpc) is 3.07. The molecule has 3 aromatic rings. The lowest BCUT2D eigenvalue weighted by atomic mass is 10.1. The lowest BCUT2D eigenvalue weighted by Crippen LogP contribution is -2.48. The summed E-state index contributed by atoms with van der Waals surface area (Å²) < 4.78 is 6.29. The molecule has 9 heteroatoms. The zero-order chi connectivity index (χ0) is 21.7. The molecule has 1 amide bonds. The summed E-state index contributed by atoms with van der Waals surface area (Å²) in [7, 11) is 2.98. The molecule has 2 aromatic carbocycles. The van der Waals surface area contributed by atoms with E-state index >= 15 is 0 Å². The smallest absolute Gasteiger partial charge is 0.432 e. The van der Waals surface area contributed by atoms with E-state index in [2.05, 4.69) is 15.6 Å². The van der Waals surface area contributed by atoms with Crippen LogP contribution in [0.15, 0.2) is 58.4 Å². The van der Waals surface area contributed by atoms with E-state index in [9.17, 15) is 14.4 Å². The number of carbonyl (C=O) groups excluding carboxylic acids is 2. The zero-order valence-electron chi connectivity index (χ0n) is 16.9. The van der Waals surface area contributed by atoms with Gasteiger partial charge < -0.3 is 10.1 Å². The minimum Gasteiger partial charge on any atom is -0.497 e. The first-order valence-corrected chi connectivity index (χ1v) is 9.18. The van der Waals surface area contributed by atoms with Crippen molar-refractivity contribution in [1.29, 1.82) is 0 Å². The van der Waals surface area contributed by atoms with Gasteiger partial charge in [0, 0.05) is 17.4 Å². The Kier molecular flexibility index (Phi) is 6.21. The van der Waals surface area contributed by atoms with Gasteiger partial charge in [-0.15, -0.1) is 4.68 Å². The Bertz CT molecular complexity index is 1140. The molecule has 154 valence electrons. The molecular weight excluding hydrogens is 386 g/mol. The molecule has 0 aliphatic heterocycles. The van der Waals surface area contributed by atoms with E-state index in [1.807, 2.05) is 19.1 Å². The van der Waals surface area contributed by atoms with Crippen LogP contribution in [0, 0.1) is 6.92 Å². The molecule has 2 N–H and O–H groups in total. The SMILES string of the molecule is CNC(=O)c1c(=O)n(/N=C\c2ccc(OC)cc2)[nH][n+]1CC(=O)c1ccc(C)cc1. The number of hydrogen-bond donors (Lipinski definition) is 2. The Hall–Kier alpha value is -4.01. The highest BCUT2D eigenvalue weighted by molar-refractivity contribution is 5.95. The van der Waals surface area contributed by atoms with E-state index < -0.39 is 11.5 Å². The van der Waals surface area contributed by atoms with Gasteiger partial charge in [-0.25, -0.2) is 4.79 Å². The molecule has 9 nitrogen and oxygen atoms in total. The number of aryl methyl sites for hydroxylation is 1. The number of nitrogens with zero attached hydrogens (tertiary/aromatic N) is 3. The molecule has 0 aliphatic rings. The predicted molar refractivity (Wildman–Crippen MR) is 110 cm³/mol. The second-order valence-electron chi connectivity index (χ2n) is 6.54. The topological polar surface area (TPSA) is 109 Å². The van der Waals surface area contributed by atoms with Gasteiger partial charge in [0.15, 0.2) is 6.54 Å². The summed E-state index contributed by atoms with van der Waals surface area (Å²) in [4.78, 5) is 38.4. The molecular formula is C21H22N5O4+. The molecule has 0 bridgehead atoms. The minimum atomic E-state index is -0.671. The lowest BCUT2D eigenvalue weighted by Gasteiger charge is -2.00. The molecule has 0 saturated carbocycles. The first-order chi connectivity index (χ1) is 14.4. The number of methoxy groups -OCH3 is 1. The van der Waals surface area contributed by atoms with Crippen molar-refractivity contribution in [2.45, 2.75) is 13.5 Å². The summed E-state index contributed by atoms with van der Waals surface area (Å²) >= 11 is 0. The highest BCUT2D eigenvalue weighted by Crippen LogP contribution is 2.09. The number of rotatable bonds is 7. The van der Waals surface area contributed by atoms with Crippen molar-refractivity contribution in [2.24, 2.45) is 5.10 Å². The number of hydrogen-bond acceptors (Lipinski definition) is 5. The Balaban J connectivity index is 1.91. The third kappa shape index (κ3) is 4.52. The number of nitrogens with one attached hydrogen (secondary N) is 2. The Morgan fingerprint density at radius 1 is 1.17 bits per heavy atom. The third-order valence-corrected chi connectivity index (χ3v) is 4.44. The number of amides is 1. The lowest BCUT2D eigenvalue weighted by molar-refractivity contribution is -0.744. The number of H-pyrrole nitrogens is 1. The fourth-order valence-electron chi connectivity index (χ4n) is 2.75. The molecule has 0 atom stereocenters. The first kappa shape index (κ1) is 20.7. The maximum Gasteiger partial charge on any atom is 0.432 e. The van der Waals surface area contributed by atoms with E-state index in [4.69, 9.17) is 4.74 Å². The quantitative estimate of drug-likeness (QED) is 0.344. The maximum atomic E-state index is 12.7. The predicted octanol–water partition coefficient (Wildman–Crippen LogP) is 0.906. The van der Waals surface area contributed by atoms with Crippen LogP contribution in [0.2, 0.25) is 0 Å². The highest BCUT2D eigenvalue weighted by Gasteiger charge is 2.29. The molecule has 1 heterocycles. The van der Waals surface area contributed by atoms with Gasteiger partial charge in [-0.3, -0.25) is 9.59 Å². The van der Waals surface area contributed by atoms with Crippen molar-refractivity contribution in [2.75, 3.05) is 14.2 Å². The van der Waals surface area contributed by atoms with Crippen LogP contribution in [-0.4, -0.2) is 42.1 Å². The summed E-state index contributed by atoms with van der Waals surface area (Å²) in [6.07, 6.45) is 1.46. The number of aromatic nitrogens is 3. The highest BCUT2D eigenvalue weighted by atomic mass is 16.5. The van der Waals surface area contributed by atoms with Gasteiger partial charge in [0.1, 0.15) is 5.75 Å². The van der Waals surface area contributed by atoms with Crippen LogP contribution in [0.5, 0.6) is 5.75 Å². The summed E-state index contributed by atoms with van der Waals surface area (Å²) in [6, 6.07) is 14.1. The zero-order valence-corrected chi connectivity index (χ0v) is 16.9. The number of ketones is 1. The fraction of sp³-hybridized carbons (Fsp3) is 0.190. The second-order valence-corrected chi connectivity index (χ2v) is 6.54. The number of aromatic amines is 1.